The summed E-state index contributed by atoms with van der Waals surface area (Å²) in [5.41, 5.74) is 0. The summed E-state index contributed by atoms with van der Waals surface area (Å²) in [7, 11) is 1.59. The number of rotatable bonds is 5. The normalized spacial score (nSPS) is 12.3. The number of nitriles is 1. The second-order valence-corrected chi connectivity index (χ2v) is 3.47. The third kappa shape index (κ3) is 3.75. The van der Waals surface area contributed by atoms with Crippen molar-refractivity contribution in [2.75, 3.05) is 20.3 Å². The minimum absolute atomic E-state index is 0.105. The minimum Gasteiger partial charge on any atom is -0.383 e. The van der Waals surface area contributed by atoms with Gasteiger partial charge in [0.25, 0.3) is 0 Å². The molecule has 0 fully saturated rings. The van der Waals surface area contributed by atoms with Crippen molar-refractivity contribution in [3.63, 3.8) is 0 Å². The van der Waals surface area contributed by atoms with E-state index >= 15 is 0 Å². The largest absolute Gasteiger partial charge is 0.383 e. The number of carbonyl (C=O) groups is 1. The van der Waals surface area contributed by atoms with Crippen LogP contribution in [0.1, 0.15) is 20.8 Å². The summed E-state index contributed by atoms with van der Waals surface area (Å²) in [6, 6.07) is 2.05. The summed E-state index contributed by atoms with van der Waals surface area (Å²) in [5.74, 6) is -0.700. The number of amides is 1. The second kappa shape index (κ2) is 6.39. The molecule has 4 nitrogen and oxygen atoms in total. The van der Waals surface area contributed by atoms with Gasteiger partial charge in [0.2, 0.25) is 5.91 Å². The molecule has 1 atom stereocenters. The SMILES string of the molecule is COCCN(C(=O)C(C)C#N)C(C)C. The quantitative estimate of drug-likeness (QED) is 0.663. The fourth-order valence-corrected chi connectivity index (χ4v) is 1.12. The Morgan fingerprint density at radius 3 is 2.43 bits per heavy atom. The Hall–Kier alpha value is -1.08. The molecule has 1 unspecified atom stereocenters. The molecule has 0 aromatic rings. The Balaban J connectivity index is 4.35. The van der Waals surface area contributed by atoms with Gasteiger partial charge in [-0.15, -0.1) is 0 Å². The van der Waals surface area contributed by atoms with E-state index in [1.807, 2.05) is 19.9 Å². The maximum atomic E-state index is 11.7. The van der Waals surface area contributed by atoms with Gasteiger partial charge in [0.15, 0.2) is 0 Å². The molecule has 0 N–H and O–H groups in total. The van der Waals surface area contributed by atoms with Crippen molar-refractivity contribution in [2.45, 2.75) is 26.8 Å². The molecule has 0 bridgehead atoms. The third-order valence-corrected chi connectivity index (χ3v) is 2.01. The summed E-state index contributed by atoms with van der Waals surface area (Å²) in [6.07, 6.45) is 0. The van der Waals surface area contributed by atoms with Crippen LogP contribution in [0.25, 0.3) is 0 Å². The van der Waals surface area contributed by atoms with E-state index in [1.54, 1.807) is 18.9 Å². The van der Waals surface area contributed by atoms with E-state index < -0.39 is 5.92 Å². The highest BCUT2D eigenvalue weighted by molar-refractivity contribution is 5.81. The fraction of sp³-hybridized carbons (Fsp3) is 0.800. The molecular formula is C10H18N2O2. The van der Waals surface area contributed by atoms with Gasteiger partial charge in [0.1, 0.15) is 5.92 Å². The molecule has 4 heteroatoms. The van der Waals surface area contributed by atoms with Gasteiger partial charge in [-0.3, -0.25) is 4.79 Å². The Kier molecular flexibility index (Phi) is 5.89. The lowest BCUT2D eigenvalue weighted by Crippen LogP contribution is -2.41. The summed E-state index contributed by atoms with van der Waals surface area (Å²) in [5, 5.41) is 8.63. The molecule has 0 aromatic carbocycles. The fourth-order valence-electron chi connectivity index (χ4n) is 1.12. The zero-order valence-electron chi connectivity index (χ0n) is 9.28. The van der Waals surface area contributed by atoms with E-state index in [9.17, 15) is 4.79 Å². The maximum absolute atomic E-state index is 11.7. The first-order chi connectivity index (χ1) is 6.54. The van der Waals surface area contributed by atoms with Crippen molar-refractivity contribution >= 4 is 5.91 Å². The van der Waals surface area contributed by atoms with Crippen LogP contribution in [0.4, 0.5) is 0 Å². The number of hydrogen-bond acceptors (Lipinski definition) is 3. The van der Waals surface area contributed by atoms with Crippen LogP contribution in [0.15, 0.2) is 0 Å². The molecule has 0 saturated carbocycles. The first-order valence-electron chi connectivity index (χ1n) is 4.73. The van der Waals surface area contributed by atoms with Crippen LogP contribution in [0.2, 0.25) is 0 Å². The second-order valence-electron chi connectivity index (χ2n) is 3.47. The van der Waals surface area contributed by atoms with E-state index in [2.05, 4.69) is 0 Å². The van der Waals surface area contributed by atoms with Crippen molar-refractivity contribution in [3.8, 4) is 6.07 Å². The zero-order valence-corrected chi connectivity index (χ0v) is 9.28. The monoisotopic (exact) mass is 198 g/mol. The lowest BCUT2D eigenvalue weighted by Gasteiger charge is -2.27. The van der Waals surface area contributed by atoms with Crippen LogP contribution in [0.3, 0.4) is 0 Å². The Bertz CT molecular complexity index is 221. The predicted molar refractivity (Wildman–Crippen MR) is 53.5 cm³/mol. The first kappa shape index (κ1) is 12.9. The summed E-state index contributed by atoms with van der Waals surface area (Å²) < 4.78 is 4.91. The van der Waals surface area contributed by atoms with Crippen LogP contribution in [-0.2, 0) is 9.53 Å². The third-order valence-electron chi connectivity index (χ3n) is 2.01. The molecule has 0 heterocycles. The van der Waals surface area contributed by atoms with Crippen LogP contribution in [0.5, 0.6) is 0 Å². The molecular weight excluding hydrogens is 180 g/mol. The van der Waals surface area contributed by atoms with E-state index in [1.165, 1.54) is 0 Å². The van der Waals surface area contributed by atoms with Crippen LogP contribution in [0, 0.1) is 17.2 Å². The topological polar surface area (TPSA) is 53.3 Å². The summed E-state index contributed by atoms with van der Waals surface area (Å²) in [4.78, 5) is 13.3. The van der Waals surface area contributed by atoms with E-state index in [4.69, 9.17) is 10.00 Å². The minimum atomic E-state index is -0.575. The first-order valence-corrected chi connectivity index (χ1v) is 4.73. The molecule has 0 saturated heterocycles. The van der Waals surface area contributed by atoms with Crippen LogP contribution in [-0.4, -0.2) is 37.1 Å². The highest BCUT2D eigenvalue weighted by Gasteiger charge is 2.21. The van der Waals surface area contributed by atoms with Crippen LogP contribution < -0.4 is 0 Å². The van der Waals surface area contributed by atoms with Gasteiger partial charge in [0, 0.05) is 19.7 Å². The van der Waals surface area contributed by atoms with Gasteiger partial charge < -0.3 is 9.64 Å². The van der Waals surface area contributed by atoms with E-state index in [0.29, 0.717) is 13.2 Å². The molecule has 80 valence electrons. The average molecular weight is 198 g/mol. The van der Waals surface area contributed by atoms with Gasteiger partial charge in [-0.1, -0.05) is 0 Å². The van der Waals surface area contributed by atoms with Crippen molar-refractivity contribution in [1.29, 1.82) is 5.26 Å². The average Bonchev–Trinajstić information content (AvgIpc) is 2.16. The molecule has 0 aliphatic carbocycles. The van der Waals surface area contributed by atoms with Gasteiger partial charge >= 0.3 is 0 Å². The van der Waals surface area contributed by atoms with Gasteiger partial charge in [0.05, 0.1) is 12.7 Å². The van der Waals surface area contributed by atoms with Gasteiger partial charge in [-0.05, 0) is 20.8 Å². The highest BCUT2D eigenvalue weighted by Crippen LogP contribution is 2.05. The lowest BCUT2D eigenvalue weighted by atomic mass is 10.1. The van der Waals surface area contributed by atoms with Crippen molar-refractivity contribution in [1.82, 2.24) is 4.90 Å². The number of methoxy groups -OCH3 is 1. The molecule has 0 spiro atoms. The summed E-state index contributed by atoms with van der Waals surface area (Å²) >= 11 is 0. The van der Waals surface area contributed by atoms with Crippen molar-refractivity contribution < 1.29 is 9.53 Å². The summed E-state index contributed by atoms with van der Waals surface area (Å²) in [6.45, 7) is 6.51. The van der Waals surface area contributed by atoms with Crippen molar-refractivity contribution in [2.24, 2.45) is 5.92 Å². The highest BCUT2D eigenvalue weighted by atomic mass is 16.5. The molecule has 0 rings (SSSR count). The standard InChI is InChI=1S/C10H18N2O2/c1-8(2)12(5-6-14-4)10(13)9(3)7-11/h8-9H,5-6H2,1-4H3. The molecule has 1 amide bonds. The van der Waals surface area contributed by atoms with Gasteiger partial charge in [-0.25, -0.2) is 0 Å². The number of hydrogen-bond donors (Lipinski definition) is 0. The predicted octanol–water partition coefficient (Wildman–Crippen LogP) is 1.03. The smallest absolute Gasteiger partial charge is 0.239 e. The Morgan fingerprint density at radius 1 is 1.50 bits per heavy atom. The zero-order chi connectivity index (χ0) is 11.1. The molecule has 0 aromatic heterocycles. The maximum Gasteiger partial charge on any atom is 0.239 e. The van der Waals surface area contributed by atoms with E-state index in [0.717, 1.165) is 0 Å². The van der Waals surface area contributed by atoms with Crippen LogP contribution >= 0.6 is 0 Å². The van der Waals surface area contributed by atoms with E-state index in [-0.39, 0.29) is 11.9 Å². The Morgan fingerprint density at radius 2 is 2.07 bits per heavy atom. The number of ether oxygens (including phenoxy) is 1. The molecule has 0 aliphatic rings. The van der Waals surface area contributed by atoms with Crippen molar-refractivity contribution in [3.05, 3.63) is 0 Å². The molecule has 0 radical (unpaired) electrons. The Labute approximate surface area is 85.5 Å². The lowest BCUT2D eigenvalue weighted by molar-refractivity contribution is -0.135. The number of carbonyl (C=O) groups excluding carboxylic acids is 1. The molecule has 0 aliphatic heterocycles. The molecule has 14 heavy (non-hydrogen) atoms. The van der Waals surface area contributed by atoms with Gasteiger partial charge in [-0.2, -0.15) is 5.26 Å². The number of nitrogens with zero attached hydrogens (tertiary/aromatic N) is 2.